The van der Waals surface area contributed by atoms with Gasteiger partial charge in [0.2, 0.25) is 5.91 Å². The van der Waals surface area contributed by atoms with Crippen LogP contribution in [0, 0.1) is 5.41 Å². The second kappa shape index (κ2) is 6.43. The van der Waals surface area contributed by atoms with Crippen LogP contribution in [0.2, 0.25) is 0 Å². The van der Waals surface area contributed by atoms with Gasteiger partial charge in [0.25, 0.3) is 0 Å². The van der Waals surface area contributed by atoms with E-state index in [9.17, 15) is 22.8 Å². The number of nitrogens with zero attached hydrogens (tertiary/aromatic N) is 1. The fourth-order valence-electron chi connectivity index (χ4n) is 2.18. The Kier molecular flexibility index (Phi) is 5.38. The topological polar surface area (TPSA) is 58.6 Å². The van der Waals surface area contributed by atoms with Gasteiger partial charge in [-0.05, 0) is 19.9 Å². The third-order valence-corrected chi connectivity index (χ3v) is 3.36. The summed E-state index contributed by atoms with van der Waals surface area (Å²) in [6, 6.07) is 0. The summed E-state index contributed by atoms with van der Waals surface area (Å²) in [5, 5.41) is 2.97. The van der Waals surface area contributed by atoms with Gasteiger partial charge in [-0.15, -0.1) is 0 Å². The van der Waals surface area contributed by atoms with Crippen molar-refractivity contribution in [2.24, 2.45) is 5.41 Å². The number of carbonyl (C=O) groups excluding carboxylic acids is 2. The highest BCUT2D eigenvalue weighted by Crippen LogP contribution is 2.29. The molecule has 8 heteroatoms. The van der Waals surface area contributed by atoms with Crippen molar-refractivity contribution in [2.45, 2.75) is 25.9 Å². The van der Waals surface area contributed by atoms with Crippen molar-refractivity contribution in [3.05, 3.63) is 0 Å². The molecular weight excluding hydrogens is 277 g/mol. The van der Waals surface area contributed by atoms with Crippen molar-refractivity contribution in [1.29, 1.82) is 0 Å². The number of amides is 1. The lowest BCUT2D eigenvalue weighted by Crippen LogP contribution is -2.48. The van der Waals surface area contributed by atoms with Crippen LogP contribution in [-0.4, -0.2) is 56.2 Å². The molecule has 1 unspecified atom stereocenters. The molecule has 5 nitrogen and oxygen atoms in total. The zero-order valence-electron chi connectivity index (χ0n) is 11.5. The Hall–Kier alpha value is -1.31. The van der Waals surface area contributed by atoms with E-state index in [0.717, 1.165) is 7.11 Å². The van der Waals surface area contributed by atoms with Gasteiger partial charge in [0, 0.05) is 13.1 Å². The molecule has 20 heavy (non-hydrogen) atoms. The van der Waals surface area contributed by atoms with Crippen LogP contribution in [-0.2, 0) is 14.3 Å². The predicted molar refractivity (Wildman–Crippen MR) is 64.9 cm³/mol. The van der Waals surface area contributed by atoms with Crippen LogP contribution in [0.5, 0.6) is 0 Å². The second-order valence-corrected chi connectivity index (χ2v) is 5.16. The summed E-state index contributed by atoms with van der Waals surface area (Å²) in [6.07, 6.45) is -4.26. The standard InChI is InChI=1S/C12H19F3N2O3/c1-11(4-5-16-7-11)10(19)17(8-12(13,14)15)6-3-9(18)20-2/h16H,3-8H2,1-2H3. The molecule has 0 aromatic rings. The molecule has 0 saturated carbocycles. The number of esters is 1. The van der Waals surface area contributed by atoms with Crippen LogP contribution in [0.4, 0.5) is 13.2 Å². The third kappa shape index (κ3) is 4.66. The Labute approximate surface area is 115 Å². The summed E-state index contributed by atoms with van der Waals surface area (Å²) in [4.78, 5) is 24.0. The van der Waals surface area contributed by atoms with Crippen LogP contribution < -0.4 is 5.32 Å². The van der Waals surface area contributed by atoms with E-state index in [4.69, 9.17) is 0 Å². The van der Waals surface area contributed by atoms with Gasteiger partial charge in [0.15, 0.2) is 0 Å². The van der Waals surface area contributed by atoms with Gasteiger partial charge in [-0.25, -0.2) is 0 Å². The highest BCUT2D eigenvalue weighted by atomic mass is 19.4. The van der Waals surface area contributed by atoms with Crippen molar-refractivity contribution >= 4 is 11.9 Å². The van der Waals surface area contributed by atoms with E-state index in [0.29, 0.717) is 24.4 Å². The van der Waals surface area contributed by atoms with E-state index >= 15 is 0 Å². The second-order valence-electron chi connectivity index (χ2n) is 5.16. The average Bonchev–Trinajstić information content (AvgIpc) is 2.80. The predicted octanol–water partition coefficient (Wildman–Crippen LogP) is 0.940. The van der Waals surface area contributed by atoms with E-state index in [-0.39, 0.29) is 13.0 Å². The summed E-state index contributed by atoms with van der Waals surface area (Å²) in [7, 11) is 1.15. The Morgan fingerprint density at radius 2 is 2.05 bits per heavy atom. The quantitative estimate of drug-likeness (QED) is 0.767. The molecule has 116 valence electrons. The van der Waals surface area contributed by atoms with Gasteiger partial charge in [-0.2, -0.15) is 13.2 Å². The molecule has 1 aliphatic rings. The van der Waals surface area contributed by atoms with E-state index in [1.807, 2.05) is 0 Å². The smallest absolute Gasteiger partial charge is 0.406 e. The lowest BCUT2D eigenvalue weighted by atomic mass is 9.88. The molecule has 1 amide bonds. The molecule has 1 saturated heterocycles. The maximum atomic E-state index is 12.6. The molecule has 1 aliphatic heterocycles. The van der Waals surface area contributed by atoms with Gasteiger partial charge in [-0.3, -0.25) is 9.59 Å². The maximum Gasteiger partial charge on any atom is 0.406 e. The largest absolute Gasteiger partial charge is 0.469 e. The first-order valence-electron chi connectivity index (χ1n) is 6.31. The number of nitrogens with one attached hydrogen (secondary N) is 1. The van der Waals surface area contributed by atoms with Gasteiger partial charge < -0.3 is 15.0 Å². The summed E-state index contributed by atoms with van der Waals surface area (Å²) in [6.45, 7) is 0.938. The highest BCUT2D eigenvalue weighted by molar-refractivity contribution is 5.83. The van der Waals surface area contributed by atoms with E-state index < -0.39 is 30.0 Å². The zero-order valence-corrected chi connectivity index (χ0v) is 11.5. The third-order valence-electron chi connectivity index (χ3n) is 3.36. The fraction of sp³-hybridized carbons (Fsp3) is 0.833. The number of halogens is 3. The summed E-state index contributed by atoms with van der Waals surface area (Å²) in [5.41, 5.74) is -0.846. The Morgan fingerprint density at radius 1 is 1.40 bits per heavy atom. The lowest BCUT2D eigenvalue weighted by molar-refractivity contribution is -0.168. The van der Waals surface area contributed by atoms with Crippen molar-refractivity contribution < 1.29 is 27.5 Å². The highest BCUT2D eigenvalue weighted by Gasteiger charge is 2.42. The zero-order chi connectivity index (χ0) is 15.4. The van der Waals surface area contributed by atoms with Gasteiger partial charge in [-0.1, -0.05) is 0 Å². The normalized spacial score (nSPS) is 22.6. The molecule has 1 rings (SSSR count). The Morgan fingerprint density at radius 3 is 2.50 bits per heavy atom. The molecule has 1 atom stereocenters. The van der Waals surface area contributed by atoms with Crippen LogP contribution in [0.1, 0.15) is 19.8 Å². The molecule has 0 radical (unpaired) electrons. The number of alkyl halides is 3. The molecular formula is C12H19F3N2O3. The number of carbonyl (C=O) groups is 2. The number of hydrogen-bond donors (Lipinski definition) is 1. The monoisotopic (exact) mass is 296 g/mol. The number of ether oxygens (including phenoxy) is 1. The Bertz CT molecular complexity index is 365. The van der Waals surface area contributed by atoms with Crippen molar-refractivity contribution in [1.82, 2.24) is 10.2 Å². The molecule has 1 N–H and O–H groups in total. The fourth-order valence-corrected chi connectivity index (χ4v) is 2.18. The molecule has 0 spiro atoms. The summed E-state index contributed by atoms with van der Waals surface area (Å²) < 4.78 is 42.1. The molecule has 1 fully saturated rings. The lowest BCUT2D eigenvalue weighted by Gasteiger charge is -2.31. The minimum Gasteiger partial charge on any atom is -0.469 e. The van der Waals surface area contributed by atoms with Gasteiger partial charge >= 0.3 is 12.1 Å². The van der Waals surface area contributed by atoms with E-state index in [2.05, 4.69) is 10.1 Å². The van der Waals surface area contributed by atoms with Crippen molar-refractivity contribution in [2.75, 3.05) is 33.3 Å². The van der Waals surface area contributed by atoms with E-state index in [1.165, 1.54) is 0 Å². The molecule has 0 bridgehead atoms. The molecule has 0 aromatic heterocycles. The summed E-state index contributed by atoms with van der Waals surface area (Å²) >= 11 is 0. The van der Waals surface area contributed by atoms with Crippen molar-refractivity contribution in [3.8, 4) is 0 Å². The van der Waals surface area contributed by atoms with Crippen LogP contribution in [0.15, 0.2) is 0 Å². The van der Waals surface area contributed by atoms with E-state index in [1.54, 1.807) is 6.92 Å². The number of methoxy groups -OCH3 is 1. The van der Waals surface area contributed by atoms with Crippen LogP contribution in [0.3, 0.4) is 0 Å². The SMILES string of the molecule is COC(=O)CCN(CC(F)(F)F)C(=O)C1(C)CCNC1. The van der Waals surface area contributed by atoms with Gasteiger partial charge in [0.1, 0.15) is 6.54 Å². The average molecular weight is 296 g/mol. The molecule has 0 aliphatic carbocycles. The molecule has 0 aromatic carbocycles. The minimum atomic E-state index is -4.49. The number of hydrogen-bond acceptors (Lipinski definition) is 4. The molecule has 1 heterocycles. The van der Waals surface area contributed by atoms with Crippen LogP contribution >= 0.6 is 0 Å². The first-order chi connectivity index (χ1) is 9.18. The summed E-state index contributed by atoms with van der Waals surface area (Å²) in [5.74, 6) is -1.22. The Balaban J connectivity index is 2.75. The maximum absolute atomic E-state index is 12.6. The minimum absolute atomic E-state index is 0.248. The first-order valence-corrected chi connectivity index (χ1v) is 6.31. The van der Waals surface area contributed by atoms with Crippen LogP contribution in [0.25, 0.3) is 0 Å². The number of rotatable bonds is 5. The van der Waals surface area contributed by atoms with Gasteiger partial charge in [0.05, 0.1) is 18.9 Å². The van der Waals surface area contributed by atoms with Crippen molar-refractivity contribution in [3.63, 3.8) is 0 Å². The first kappa shape index (κ1) is 16.7.